The van der Waals surface area contributed by atoms with Crippen molar-refractivity contribution in [2.75, 3.05) is 6.54 Å². The second kappa shape index (κ2) is 6.62. The van der Waals surface area contributed by atoms with Crippen LogP contribution in [0.25, 0.3) is 0 Å². The summed E-state index contributed by atoms with van der Waals surface area (Å²) in [5, 5.41) is 5.64. The van der Waals surface area contributed by atoms with Crippen LogP contribution in [0.1, 0.15) is 41.3 Å². The lowest BCUT2D eigenvalue weighted by Crippen LogP contribution is -2.46. The van der Waals surface area contributed by atoms with Crippen molar-refractivity contribution in [3.8, 4) is 0 Å². The monoisotopic (exact) mass is 354 g/mol. The summed E-state index contributed by atoms with van der Waals surface area (Å²) in [6.07, 6.45) is -8.84. The minimum Gasteiger partial charge on any atom is -0.349 e. The van der Waals surface area contributed by atoms with Gasteiger partial charge < -0.3 is 10.6 Å². The summed E-state index contributed by atoms with van der Waals surface area (Å²) < 4.78 is 76.8. The van der Waals surface area contributed by atoms with Gasteiger partial charge in [-0.3, -0.25) is 4.79 Å². The molecule has 1 saturated heterocycles. The van der Waals surface area contributed by atoms with E-state index in [1.807, 2.05) is 6.92 Å². The van der Waals surface area contributed by atoms with Gasteiger partial charge in [0.2, 0.25) is 0 Å². The van der Waals surface area contributed by atoms with Crippen LogP contribution in [0, 0.1) is 0 Å². The highest BCUT2D eigenvalue weighted by atomic mass is 19.4. The van der Waals surface area contributed by atoms with Crippen molar-refractivity contribution in [1.82, 2.24) is 10.6 Å². The molecular weight excluding hydrogens is 338 g/mol. The molecule has 2 N–H and O–H groups in total. The fraction of sp³-hybridized carbons (Fsp3) is 0.533. The van der Waals surface area contributed by atoms with Gasteiger partial charge in [-0.25, -0.2) is 0 Å². The predicted octanol–water partition coefficient (Wildman–Crippen LogP) is 3.59. The molecule has 9 heteroatoms. The van der Waals surface area contributed by atoms with Crippen molar-refractivity contribution in [3.63, 3.8) is 0 Å². The summed E-state index contributed by atoms with van der Waals surface area (Å²) in [6.45, 7) is 2.49. The smallest absolute Gasteiger partial charge is 0.349 e. The zero-order valence-corrected chi connectivity index (χ0v) is 12.7. The Morgan fingerprint density at radius 1 is 1.08 bits per heavy atom. The van der Waals surface area contributed by atoms with E-state index in [4.69, 9.17) is 0 Å². The van der Waals surface area contributed by atoms with E-state index >= 15 is 0 Å². The molecule has 2 rings (SSSR count). The second-order valence-electron chi connectivity index (χ2n) is 5.84. The van der Waals surface area contributed by atoms with Crippen molar-refractivity contribution < 1.29 is 31.1 Å². The van der Waals surface area contributed by atoms with Gasteiger partial charge in [0, 0.05) is 17.6 Å². The molecule has 0 radical (unpaired) electrons. The Kier molecular flexibility index (Phi) is 5.12. The number of rotatable bonds is 2. The molecule has 2 atom stereocenters. The molecule has 0 spiro atoms. The second-order valence-corrected chi connectivity index (χ2v) is 5.84. The van der Waals surface area contributed by atoms with E-state index in [0.29, 0.717) is 31.5 Å². The van der Waals surface area contributed by atoms with E-state index in [0.717, 1.165) is 0 Å². The molecule has 0 bridgehead atoms. The molecule has 1 heterocycles. The molecule has 134 valence electrons. The number of halogens is 6. The zero-order valence-electron chi connectivity index (χ0n) is 12.7. The van der Waals surface area contributed by atoms with Crippen molar-refractivity contribution in [3.05, 3.63) is 34.9 Å². The van der Waals surface area contributed by atoms with Gasteiger partial charge in [-0.2, -0.15) is 26.3 Å². The normalized spacial score (nSPS) is 22.3. The number of benzene rings is 1. The van der Waals surface area contributed by atoms with Gasteiger partial charge in [-0.05, 0) is 44.5 Å². The van der Waals surface area contributed by atoms with Gasteiger partial charge >= 0.3 is 12.4 Å². The maximum absolute atomic E-state index is 12.8. The molecule has 3 nitrogen and oxygen atoms in total. The van der Waals surface area contributed by atoms with Gasteiger partial charge in [0.05, 0.1) is 11.1 Å². The van der Waals surface area contributed by atoms with Crippen molar-refractivity contribution >= 4 is 5.91 Å². The van der Waals surface area contributed by atoms with Crippen LogP contribution in [-0.4, -0.2) is 24.5 Å². The Morgan fingerprint density at radius 2 is 1.62 bits per heavy atom. The minimum absolute atomic E-state index is 0.00336. The Hall–Kier alpha value is -1.77. The SMILES string of the molecule is CC1CC(NC(=O)c2cc(C(F)(F)F)cc(C(F)(F)F)c2)CCN1. The Morgan fingerprint density at radius 3 is 2.08 bits per heavy atom. The molecule has 1 amide bonds. The summed E-state index contributed by atoms with van der Waals surface area (Å²) in [5.74, 6) is -0.939. The van der Waals surface area contributed by atoms with E-state index in [9.17, 15) is 31.1 Å². The molecule has 2 unspecified atom stereocenters. The topological polar surface area (TPSA) is 41.1 Å². The van der Waals surface area contributed by atoms with Crippen LogP contribution in [-0.2, 0) is 12.4 Å². The summed E-state index contributed by atoms with van der Waals surface area (Å²) in [7, 11) is 0. The fourth-order valence-electron chi connectivity index (χ4n) is 2.62. The Balaban J connectivity index is 2.29. The molecule has 1 fully saturated rings. The number of carbonyl (C=O) groups is 1. The maximum atomic E-state index is 12.8. The molecule has 0 saturated carbocycles. The molecule has 0 aromatic heterocycles. The molecule has 1 aliphatic rings. The van der Waals surface area contributed by atoms with Gasteiger partial charge in [0.25, 0.3) is 5.91 Å². The van der Waals surface area contributed by atoms with Crippen LogP contribution in [0.2, 0.25) is 0 Å². The molecule has 1 aromatic carbocycles. The largest absolute Gasteiger partial charge is 0.416 e. The van der Waals surface area contributed by atoms with E-state index in [1.165, 1.54) is 0 Å². The maximum Gasteiger partial charge on any atom is 0.416 e. The third kappa shape index (κ3) is 4.62. The quantitative estimate of drug-likeness (QED) is 0.797. The van der Waals surface area contributed by atoms with Gasteiger partial charge in [0.1, 0.15) is 0 Å². The van der Waals surface area contributed by atoms with Gasteiger partial charge in [-0.1, -0.05) is 0 Å². The molecular formula is C15H16F6N2O. The fourth-order valence-corrected chi connectivity index (χ4v) is 2.62. The van der Waals surface area contributed by atoms with Crippen LogP contribution in [0.5, 0.6) is 0 Å². The number of amides is 1. The third-order valence-electron chi connectivity index (χ3n) is 3.81. The van der Waals surface area contributed by atoms with Crippen LogP contribution in [0.4, 0.5) is 26.3 Å². The van der Waals surface area contributed by atoms with Crippen molar-refractivity contribution in [2.45, 2.75) is 44.2 Å². The van der Waals surface area contributed by atoms with Gasteiger partial charge in [-0.15, -0.1) is 0 Å². The van der Waals surface area contributed by atoms with E-state index < -0.39 is 35.0 Å². The Bertz CT molecular complexity index is 579. The van der Waals surface area contributed by atoms with Crippen LogP contribution in [0.15, 0.2) is 18.2 Å². The number of carbonyl (C=O) groups excluding carboxylic acids is 1. The molecule has 1 aliphatic heterocycles. The lowest BCUT2D eigenvalue weighted by Gasteiger charge is -2.28. The summed E-state index contributed by atoms with van der Waals surface area (Å²) in [6, 6.07) is 0.696. The van der Waals surface area contributed by atoms with Crippen molar-refractivity contribution in [1.29, 1.82) is 0 Å². The first-order chi connectivity index (χ1) is 11.0. The highest BCUT2D eigenvalue weighted by molar-refractivity contribution is 5.94. The zero-order chi connectivity index (χ0) is 18.1. The summed E-state index contributed by atoms with van der Waals surface area (Å²) >= 11 is 0. The number of hydrogen-bond donors (Lipinski definition) is 2. The summed E-state index contributed by atoms with van der Waals surface area (Å²) in [5.41, 5.74) is -3.65. The molecule has 0 aliphatic carbocycles. The third-order valence-corrected chi connectivity index (χ3v) is 3.81. The number of nitrogens with one attached hydrogen (secondary N) is 2. The van der Waals surface area contributed by atoms with Crippen molar-refractivity contribution in [2.24, 2.45) is 0 Å². The average Bonchev–Trinajstić information content (AvgIpc) is 2.45. The summed E-state index contributed by atoms with van der Waals surface area (Å²) in [4.78, 5) is 12.1. The van der Waals surface area contributed by atoms with E-state index in [1.54, 1.807) is 0 Å². The van der Waals surface area contributed by atoms with Gasteiger partial charge in [0.15, 0.2) is 0 Å². The van der Waals surface area contributed by atoms with E-state index in [2.05, 4.69) is 10.6 Å². The first-order valence-electron chi connectivity index (χ1n) is 7.30. The van der Waals surface area contributed by atoms with Crippen LogP contribution >= 0.6 is 0 Å². The standard InChI is InChI=1S/C15H16F6N2O/c1-8-4-12(2-3-22-8)23-13(24)9-5-10(14(16,17)18)7-11(6-9)15(19,20)21/h5-8,12,22H,2-4H2,1H3,(H,23,24). The highest BCUT2D eigenvalue weighted by Crippen LogP contribution is 2.36. The lowest BCUT2D eigenvalue weighted by molar-refractivity contribution is -0.143. The predicted molar refractivity (Wildman–Crippen MR) is 74.4 cm³/mol. The number of hydrogen-bond acceptors (Lipinski definition) is 2. The number of piperidine rings is 1. The lowest BCUT2D eigenvalue weighted by atomic mass is 9.99. The first-order valence-corrected chi connectivity index (χ1v) is 7.30. The van der Waals surface area contributed by atoms with Crippen LogP contribution < -0.4 is 10.6 Å². The van der Waals surface area contributed by atoms with Crippen LogP contribution in [0.3, 0.4) is 0 Å². The Labute approximate surface area is 134 Å². The first kappa shape index (κ1) is 18.6. The highest BCUT2D eigenvalue weighted by Gasteiger charge is 2.37. The number of alkyl halides is 6. The average molecular weight is 354 g/mol. The van der Waals surface area contributed by atoms with E-state index in [-0.39, 0.29) is 18.2 Å². The molecule has 1 aromatic rings. The molecule has 24 heavy (non-hydrogen) atoms. The minimum atomic E-state index is -4.97.